The summed E-state index contributed by atoms with van der Waals surface area (Å²) in [5, 5.41) is 7.83. The van der Waals surface area contributed by atoms with Crippen LogP contribution in [0, 0.1) is 0 Å². The lowest BCUT2D eigenvalue weighted by Crippen LogP contribution is -1.81. The van der Waals surface area contributed by atoms with Crippen molar-refractivity contribution in [2.75, 3.05) is 0 Å². The van der Waals surface area contributed by atoms with Gasteiger partial charge in [0.25, 0.3) is 0 Å². The van der Waals surface area contributed by atoms with Gasteiger partial charge in [-0.1, -0.05) is 45.3 Å². The fraction of sp³-hybridized carbons (Fsp3) is 0.667. The zero-order valence-electron chi connectivity index (χ0n) is 9.50. The van der Waals surface area contributed by atoms with Crippen LogP contribution in [-0.2, 0) is 0 Å². The van der Waals surface area contributed by atoms with Gasteiger partial charge in [-0.05, 0) is 19.8 Å². The Bertz CT molecular complexity index is 192. The lowest BCUT2D eigenvalue weighted by Gasteiger charge is -1.99. The van der Waals surface area contributed by atoms with Gasteiger partial charge in [0.2, 0.25) is 0 Å². The van der Waals surface area contributed by atoms with Crippen LogP contribution in [0.1, 0.15) is 52.4 Å². The van der Waals surface area contributed by atoms with E-state index < -0.39 is 0 Å². The summed E-state index contributed by atoms with van der Waals surface area (Å²) in [7, 11) is 0. The predicted octanol–water partition coefficient (Wildman–Crippen LogP) is 4.85. The van der Waals surface area contributed by atoms with E-state index in [9.17, 15) is 0 Å². The van der Waals surface area contributed by atoms with Gasteiger partial charge in [-0.25, -0.2) is 0 Å². The standard InChI is InChI=1S/C12H22N2/c1-4-7-8-9-10-11-12(5-2)14-13-6-3/h5-6H,3-4,7-11H2,1-2H3/b12-5-,14-13-. The number of rotatable bonds is 8. The minimum Gasteiger partial charge on any atom is -0.160 e. The molecule has 2 heteroatoms. The molecule has 0 heterocycles. The molecule has 0 amide bonds. The van der Waals surface area contributed by atoms with E-state index in [-0.39, 0.29) is 0 Å². The quantitative estimate of drug-likeness (QED) is 0.390. The number of nitrogens with zero attached hydrogens (tertiary/aromatic N) is 2. The summed E-state index contributed by atoms with van der Waals surface area (Å²) in [6.45, 7) is 7.74. The molecule has 0 aromatic carbocycles. The van der Waals surface area contributed by atoms with Crippen molar-refractivity contribution in [2.45, 2.75) is 52.4 Å². The average molecular weight is 194 g/mol. The molecule has 0 aromatic heterocycles. The highest BCUT2D eigenvalue weighted by molar-refractivity contribution is 4.96. The Morgan fingerprint density at radius 3 is 2.50 bits per heavy atom. The first-order valence-electron chi connectivity index (χ1n) is 5.52. The molecule has 0 aliphatic carbocycles. The molecule has 0 atom stereocenters. The number of hydrogen-bond acceptors (Lipinski definition) is 2. The Hall–Kier alpha value is -0.920. The van der Waals surface area contributed by atoms with E-state index in [2.05, 4.69) is 23.7 Å². The first kappa shape index (κ1) is 13.1. The maximum absolute atomic E-state index is 4.05. The van der Waals surface area contributed by atoms with Gasteiger partial charge < -0.3 is 0 Å². The summed E-state index contributed by atoms with van der Waals surface area (Å²) < 4.78 is 0. The van der Waals surface area contributed by atoms with Gasteiger partial charge in [0.1, 0.15) is 0 Å². The first-order chi connectivity index (χ1) is 6.85. The minimum atomic E-state index is 1.04. The number of hydrogen-bond donors (Lipinski definition) is 0. The van der Waals surface area contributed by atoms with Crippen LogP contribution in [0.5, 0.6) is 0 Å². The van der Waals surface area contributed by atoms with E-state index in [0.717, 1.165) is 12.1 Å². The average Bonchev–Trinajstić information content (AvgIpc) is 2.22. The van der Waals surface area contributed by atoms with Gasteiger partial charge >= 0.3 is 0 Å². The van der Waals surface area contributed by atoms with E-state index in [1.165, 1.54) is 38.3 Å². The highest BCUT2D eigenvalue weighted by Crippen LogP contribution is 2.12. The molecule has 2 nitrogen and oxygen atoms in total. The Morgan fingerprint density at radius 1 is 1.21 bits per heavy atom. The molecule has 0 aliphatic heterocycles. The number of unbranched alkanes of at least 4 members (excludes halogenated alkanes) is 4. The van der Waals surface area contributed by atoms with Crippen LogP contribution in [0.4, 0.5) is 0 Å². The van der Waals surface area contributed by atoms with E-state index in [1.54, 1.807) is 0 Å². The molecular weight excluding hydrogens is 172 g/mol. The molecule has 0 aromatic rings. The van der Waals surface area contributed by atoms with Crippen LogP contribution in [0.3, 0.4) is 0 Å². The molecule has 0 aliphatic rings. The van der Waals surface area contributed by atoms with E-state index >= 15 is 0 Å². The SMILES string of the molecule is C=C/N=N\C(=C/C)CCCCCCC. The third kappa shape index (κ3) is 7.71. The van der Waals surface area contributed by atoms with Gasteiger partial charge in [0.15, 0.2) is 0 Å². The summed E-state index contributed by atoms with van der Waals surface area (Å²) in [5.41, 5.74) is 1.07. The molecule has 0 radical (unpaired) electrons. The summed E-state index contributed by atoms with van der Waals surface area (Å²) in [6, 6.07) is 0. The maximum atomic E-state index is 4.05. The second kappa shape index (κ2) is 10.2. The fourth-order valence-corrected chi connectivity index (χ4v) is 1.28. The van der Waals surface area contributed by atoms with Crippen molar-refractivity contribution in [1.29, 1.82) is 0 Å². The lowest BCUT2D eigenvalue weighted by atomic mass is 10.1. The molecule has 0 N–H and O–H groups in total. The van der Waals surface area contributed by atoms with Crippen LogP contribution < -0.4 is 0 Å². The smallest absolute Gasteiger partial charge is 0.0588 e. The highest BCUT2D eigenvalue weighted by atomic mass is 15.1. The Kier molecular flexibility index (Phi) is 9.49. The van der Waals surface area contributed by atoms with Crippen molar-refractivity contribution in [2.24, 2.45) is 10.2 Å². The fourth-order valence-electron chi connectivity index (χ4n) is 1.28. The van der Waals surface area contributed by atoms with Gasteiger partial charge in [0.05, 0.1) is 5.70 Å². The molecule has 14 heavy (non-hydrogen) atoms. The Morgan fingerprint density at radius 2 is 1.93 bits per heavy atom. The van der Waals surface area contributed by atoms with Crippen LogP contribution in [0.25, 0.3) is 0 Å². The van der Waals surface area contributed by atoms with Crippen LogP contribution in [0.2, 0.25) is 0 Å². The van der Waals surface area contributed by atoms with Crippen LogP contribution in [0.15, 0.2) is 34.8 Å². The molecule has 0 saturated heterocycles. The number of allylic oxidation sites excluding steroid dienone is 2. The highest BCUT2D eigenvalue weighted by Gasteiger charge is 1.94. The summed E-state index contributed by atoms with van der Waals surface area (Å²) in [6.07, 6.45) is 11.0. The molecule has 0 spiro atoms. The third-order valence-electron chi connectivity index (χ3n) is 2.14. The lowest BCUT2D eigenvalue weighted by molar-refractivity contribution is 0.627. The normalized spacial score (nSPS) is 12.3. The van der Waals surface area contributed by atoms with Gasteiger partial charge in [-0.2, -0.15) is 10.2 Å². The largest absolute Gasteiger partial charge is 0.160 e. The summed E-state index contributed by atoms with van der Waals surface area (Å²) in [5.74, 6) is 0. The molecule has 0 bridgehead atoms. The van der Waals surface area contributed by atoms with Crippen molar-refractivity contribution >= 4 is 0 Å². The van der Waals surface area contributed by atoms with Crippen molar-refractivity contribution < 1.29 is 0 Å². The van der Waals surface area contributed by atoms with E-state index in [0.29, 0.717) is 0 Å². The summed E-state index contributed by atoms with van der Waals surface area (Å²) >= 11 is 0. The van der Waals surface area contributed by atoms with E-state index in [1.807, 2.05) is 13.0 Å². The monoisotopic (exact) mass is 194 g/mol. The predicted molar refractivity (Wildman–Crippen MR) is 62.2 cm³/mol. The molecule has 0 unspecified atom stereocenters. The molecule has 80 valence electrons. The Balaban J connectivity index is 3.54. The van der Waals surface area contributed by atoms with Crippen molar-refractivity contribution in [3.05, 3.63) is 24.6 Å². The van der Waals surface area contributed by atoms with Crippen molar-refractivity contribution in [3.8, 4) is 0 Å². The third-order valence-corrected chi connectivity index (χ3v) is 2.14. The second-order valence-corrected chi connectivity index (χ2v) is 3.34. The van der Waals surface area contributed by atoms with Gasteiger partial charge in [0, 0.05) is 6.20 Å². The molecule has 0 fully saturated rings. The van der Waals surface area contributed by atoms with Gasteiger partial charge in [-0.15, -0.1) is 0 Å². The Labute approximate surface area is 87.8 Å². The van der Waals surface area contributed by atoms with Crippen molar-refractivity contribution in [3.63, 3.8) is 0 Å². The number of azo groups is 1. The first-order valence-corrected chi connectivity index (χ1v) is 5.52. The topological polar surface area (TPSA) is 24.7 Å². The minimum absolute atomic E-state index is 1.04. The van der Waals surface area contributed by atoms with Gasteiger partial charge in [-0.3, -0.25) is 0 Å². The zero-order valence-corrected chi connectivity index (χ0v) is 9.50. The van der Waals surface area contributed by atoms with E-state index in [4.69, 9.17) is 0 Å². The molecular formula is C12H22N2. The van der Waals surface area contributed by atoms with Crippen LogP contribution >= 0.6 is 0 Å². The van der Waals surface area contributed by atoms with Crippen molar-refractivity contribution in [1.82, 2.24) is 0 Å². The molecule has 0 saturated carbocycles. The van der Waals surface area contributed by atoms with Crippen LogP contribution in [-0.4, -0.2) is 0 Å². The zero-order chi connectivity index (χ0) is 10.6. The maximum Gasteiger partial charge on any atom is 0.0588 e. The second-order valence-electron chi connectivity index (χ2n) is 3.34. The summed E-state index contributed by atoms with van der Waals surface area (Å²) in [4.78, 5) is 0. The molecule has 0 rings (SSSR count).